The molecule has 1 fully saturated rings. The molecule has 1 aromatic carbocycles. The van der Waals surface area contributed by atoms with E-state index in [1.54, 1.807) is 7.11 Å². The lowest BCUT2D eigenvalue weighted by Crippen LogP contribution is -2.63. The summed E-state index contributed by atoms with van der Waals surface area (Å²) in [6.07, 6.45) is 3.99. The number of unbranched alkanes of at least 4 members (excludes halogenated alkanes) is 1. The van der Waals surface area contributed by atoms with Crippen molar-refractivity contribution >= 4 is 5.91 Å². The van der Waals surface area contributed by atoms with E-state index in [1.807, 2.05) is 24.3 Å². The maximum atomic E-state index is 13.0. The van der Waals surface area contributed by atoms with Crippen LogP contribution in [0.3, 0.4) is 0 Å². The molecule has 0 aromatic heterocycles. The highest BCUT2D eigenvalue weighted by atomic mass is 16.5. The van der Waals surface area contributed by atoms with E-state index in [0.29, 0.717) is 5.75 Å². The van der Waals surface area contributed by atoms with Crippen LogP contribution in [0.15, 0.2) is 24.3 Å². The van der Waals surface area contributed by atoms with Crippen LogP contribution >= 0.6 is 0 Å². The number of benzene rings is 1. The Hall–Kier alpha value is -1.75. The van der Waals surface area contributed by atoms with Crippen molar-refractivity contribution in [2.24, 2.45) is 0 Å². The van der Waals surface area contributed by atoms with Crippen LogP contribution in [0.5, 0.6) is 11.5 Å². The quantitative estimate of drug-likeness (QED) is 0.745. The fourth-order valence-electron chi connectivity index (χ4n) is 4.23. The van der Waals surface area contributed by atoms with Crippen LogP contribution < -0.4 is 14.8 Å². The normalized spacial score (nSPS) is 18.7. The number of carbonyl (C=O) groups is 1. The zero-order valence-corrected chi connectivity index (χ0v) is 17.8. The van der Waals surface area contributed by atoms with E-state index in [2.05, 4.69) is 44.8 Å². The SMILES string of the molecule is CCCCN(C(=O)COc1ccc(OC)cc1)C1CC(C)(C)NC(C)(C)C1. The Kier molecular flexibility index (Phi) is 7.15. The van der Waals surface area contributed by atoms with E-state index >= 15 is 0 Å². The molecule has 152 valence electrons. The number of hydrogen-bond donors (Lipinski definition) is 1. The summed E-state index contributed by atoms with van der Waals surface area (Å²) in [4.78, 5) is 15.1. The summed E-state index contributed by atoms with van der Waals surface area (Å²) in [6.45, 7) is 11.9. The van der Waals surface area contributed by atoms with Crippen molar-refractivity contribution in [3.63, 3.8) is 0 Å². The van der Waals surface area contributed by atoms with E-state index in [0.717, 1.165) is 38.0 Å². The smallest absolute Gasteiger partial charge is 0.260 e. The summed E-state index contributed by atoms with van der Waals surface area (Å²) < 4.78 is 10.9. The predicted molar refractivity (Wildman–Crippen MR) is 109 cm³/mol. The number of amides is 1. The van der Waals surface area contributed by atoms with Gasteiger partial charge in [-0.15, -0.1) is 0 Å². The molecule has 0 unspecified atom stereocenters. The average molecular weight is 377 g/mol. The predicted octanol–water partition coefficient (Wildman–Crippen LogP) is 4.01. The number of hydrogen-bond acceptors (Lipinski definition) is 4. The third-order valence-electron chi connectivity index (χ3n) is 5.10. The van der Waals surface area contributed by atoms with Gasteiger partial charge in [0.25, 0.3) is 5.91 Å². The van der Waals surface area contributed by atoms with Gasteiger partial charge in [0.05, 0.1) is 7.11 Å². The molecule has 1 aromatic rings. The van der Waals surface area contributed by atoms with Crippen molar-refractivity contribution in [2.45, 2.75) is 77.4 Å². The van der Waals surface area contributed by atoms with Gasteiger partial charge in [-0.2, -0.15) is 0 Å². The first-order chi connectivity index (χ1) is 12.7. The van der Waals surface area contributed by atoms with E-state index in [1.165, 1.54) is 0 Å². The highest BCUT2D eigenvalue weighted by molar-refractivity contribution is 5.78. The minimum absolute atomic E-state index is 0.00794. The highest BCUT2D eigenvalue weighted by Crippen LogP contribution is 2.32. The summed E-state index contributed by atoms with van der Waals surface area (Å²) in [6, 6.07) is 7.58. The summed E-state index contributed by atoms with van der Waals surface area (Å²) in [5.74, 6) is 1.53. The third-order valence-corrected chi connectivity index (χ3v) is 5.10. The Bertz CT molecular complexity index is 594. The summed E-state index contributed by atoms with van der Waals surface area (Å²) in [5, 5.41) is 3.70. The van der Waals surface area contributed by atoms with Gasteiger partial charge in [-0.1, -0.05) is 13.3 Å². The third kappa shape index (κ3) is 6.42. The van der Waals surface area contributed by atoms with Gasteiger partial charge >= 0.3 is 0 Å². The van der Waals surface area contributed by atoms with Gasteiger partial charge in [-0.05, 0) is 71.2 Å². The van der Waals surface area contributed by atoms with Gasteiger partial charge in [-0.3, -0.25) is 4.79 Å². The van der Waals surface area contributed by atoms with Crippen LogP contribution in [0.2, 0.25) is 0 Å². The largest absolute Gasteiger partial charge is 0.497 e. The highest BCUT2D eigenvalue weighted by Gasteiger charge is 2.41. The molecular formula is C22H36N2O3. The van der Waals surface area contributed by atoms with Crippen molar-refractivity contribution in [3.8, 4) is 11.5 Å². The van der Waals surface area contributed by atoms with Crippen LogP contribution in [0.1, 0.15) is 60.3 Å². The van der Waals surface area contributed by atoms with Crippen LogP contribution in [0.25, 0.3) is 0 Å². The van der Waals surface area contributed by atoms with E-state index in [-0.39, 0.29) is 29.6 Å². The van der Waals surface area contributed by atoms with Crippen molar-refractivity contribution in [1.82, 2.24) is 10.2 Å². The number of ether oxygens (including phenoxy) is 2. The molecule has 5 heteroatoms. The zero-order chi connectivity index (χ0) is 20.1. The molecule has 0 radical (unpaired) electrons. The number of carbonyl (C=O) groups excluding carboxylic acids is 1. The van der Waals surface area contributed by atoms with Crippen molar-refractivity contribution in [2.75, 3.05) is 20.3 Å². The molecule has 0 spiro atoms. The summed E-state index contributed by atoms with van der Waals surface area (Å²) >= 11 is 0. The lowest BCUT2D eigenvalue weighted by molar-refractivity contribution is -0.137. The van der Waals surface area contributed by atoms with E-state index in [4.69, 9.17) is 9.47 Å². The first-order valence-electron chi connectivity index (χ1n) is 10.0. The number of methoxy groups -OCH3 is 1. The van der Waals surface area contributed by atoms with Crippen molar-refractivity contribution in [3.05, 3.63) is 24.3 Å². The Balaban J connectivity index is 2.06. The first kappa shape index (κ1) is 21.5. The molecule has 0 bridgehead atoms. The minimum Gasteiger partial charge on any atom is -0.497 e. The van der Waals surface area contributed by atoms with Crippen LogP contribution in [0.4, 0.5) is 0 Å². The molecule has 1 N–H and O–H groups in total. The standard InChI is InChI=1S/C22H36N2O3/c1-7-8-13-24(17-14-21(2,3)23-22(4,5)15-17)20(25)16-27-19-11-9-18(26-6)10-12-19/h9-12,17,23H,7-8,13-16H2,1-6H3. The Labute approximate surface area is 164 Å². The molecular weight excluding hydrogens is 340 g/mol. The van der Waals surface area contributed by atoms with Crippen molar-refractivity contribution in [1.29, 1.82) is 0 Å². The van der Waals surface area contributed by atoms with Crippen LogP contribution in [0, 0.1) is 0 Å². The molecule has 1 aliphatic rings. The lowest BCUT2D eigenvalue weighted by Gasteiger charge is -2.49. The molecule has 1 saturated heterocycles. The topological polar surface area (TPSA) is 50.8 Å². The molecule has 0 atom stereocenters. The second-order valence-electron chi connectivity index (χ2n) is 8.86. The molecule has 27 heavy (non-hydrogen) atoms. The number of piperidine rings is 1. The number of nitrogens with one attached hydrogen (secondary N) is 1. The first-order valence-corrected chi connectivity index (χ1v) is 10.0. The zero-order valence-electron chi connectivity index (χ0n) is 17.8. The van der Waals surface area contributed by atoms with E-state index < -0.39 is 0 Å². The molecule has 1 aliphatic heterocycles. The summed E-state index contributed by atoms with van der Waals surface area (Å²) in [5.41, 5.74) is 0.0159. The Morgan fingerprint density at radius 3 is 2.19 bits per heavy atom. The van der Waals surface area contributed by atoms with E-state index in [9.17, 15) is 4.79 Å². The minimum atomic E-state index is 0.00794. The van der Waals surface area contributed by atoms with Gasteiger partial charge in [-0.25, -0.2) is 0 Å². The molecule has 5 nitrogen and oxygen atoms in total. The van der Waals surface area contributed by atoms with Gasteiger partial charge in [0, 0.05) is 23.7 Å². The second-order valence-corrected chi connectivity index (χ2v) is 8.86. The summed E-state index contributed by atoms with van der Waals surface area (Å²) in [7, 11) is 1.63. The van der Waals surface area contributed by atoms with Gasteiger partial charge in [0.2, 0.25) is 0 Å². The second kappa shape index (κ2) is 8.96. The fourth-order valence-corrected chi connectivity index (χ4v) is 4.23. The molecule has 2 rings (SSSR count). The maximum Gasteiger partial charge on any atom is 0.260 e. The number of nitrogens with zero attached hydrogens (tertiary/aromatic N) is 1. The molecule has 0 aliphatic carbocycles. The Morgan fingerprint density at radius 2 is 1.67 bits per heavy atom. The molecule has 1 amide bonds. The maximum absolute atomic E-state index is 13.0. The van der Waals surface area contributed by atoms with Gasteiger partial charge in [0.1, 0.15) is 11.5 Å². The monoisotopic (exact) mass is 376 g/mol. The number of rotatable bonds is 8. The average Bonchev–Trinajstić information content (AvgIpc) is 2.58. The molecule has 1 heterocycles. The lowest BCUT2D eigenvalue weighted by atomic mass is 9.79. The van der Waals surface area contributed by atoms with Crippen molar-refractivity contribution < 1.29 is 14.3 Å². The van der Waals surface area contributed by atoms with Crippen LogP contribution in [-0.2, 0) is 4.79 Å². The fraction of sp³-hybridized carbons (Fsp3) is 0.682. The Morgan fingerprint density at radius 1 is 1.11 bits per heavy atom. The van der Waals surface area contributed by atoms with Gasteiger partial charge < -0.3 is 19.7 Å². The van der Waals surface area contributed by atoms with Gasteiger partial charge in [0.15, 0.2) is 6.61 Å². The van der Waals surface area contributed by atoms with Crippen LogP contribution in [-0.4, -0.2) is 48.2 Å². The molecule has 0 saturated carbocycles.